The molecule has 94 valence electrons. The summed E-state index contributed by atoms with van der Waals surface area (Å²) < 4.78 is 30.7. The van der Waals surface area contributed by atoms with Crippen molar-refractivity contribution >= 4 is 10.0 Å². The average Bonchev–Trinajstić information content (AvgIpc) is 2.61. The quantitative estimate of drug-likeness (QED) is 0.742. The first-order chi connectivity index (χ1) is 7.50. The number of nitrogens with zero attached hydrogens (tertiary/aromatic N) is 1. The summed E-state index contributed by atoms with van der Waals surface area (Å²) in [5.41, 5.74) is 5.79. The Morgan fingerprint density at radius 3 is 2.50 bits per heavy atom. The number of rotatable bonds is 2. The summed E-state index contributed by atoms with van der Waals surface area (Å²) in [4.78, 5) is 0. The van der Waals surface area contributed by atoms with Gasteiger partial charge in [-0.15, -0.1) is 0 Å². The molecule has 0 bridgehead atoms. The third-order valence-electron chi connectivity index (χ3n) is 3.82. The molecule has 0 aromatic heterocycles. The molecule has 6 heteroatoms. The van der Waals surface area contributed by atoms with Gasteiger partial charge in [0, 0.05) is 25.7 Å². The summed E-state index contributed by atoms with van der Waals surface area (Å²) in [7, 11) is -3.05. The number of hydrogen-bond donors (Lipinski definition) is 1. The van der Waals surface area contributed by atoms with E-state index in [0.29, 0.717) is 19.7 Å². The van der Waals surface area contributed by atoms with E-state index in [0.717, 1.165) is 19.3 Å². The summed E-state index contributed by atoms with van der Waals surface area (Å²) in [5.74, 6) is 0.174. The molecule has 0 saturated carbocycles. The highest BCUT2D eigenvalue weighted by Crippen LogP contribution is 2.35. The van der Waals surface area contributed by atoms with Crippen molar-refractivity contribution in [2.45, 2.75) is 37.8 Å². The molecule has 0 aliphatic carbocycles. The number of nitrogens with two attached hydrogens (primary N) is 1. The van der Waals surface area contributed by atoms with Crippen LogP contribution in [-0.4, -0.2) is 49.8 Å². The second-order valence-corrected chi connectivity index (χ2v) is 6.87. The largest absolute Gasteiger partial charge is 0.373 e. The van der Waals surface area contributed by atoms with Gasteiger partial charge in [0.2, 0.25) is 10.0 Å². The average molecular weight is 248 g/mol. The molecule has 2 aliphatic heterocycles. The molecule has 16 heavy (non-hydrogen) atoms. The van der Waals surface area contributed by atoms with Crippen molar-refractivity contribution in [3.63, 3.8) is 0 Å². The molecule has 2 N–H and O–H groups in total. The minimum atomic E-state index is -3.05. The van der Waals surface area contributed by atoms with E-state index in [1.807, 2.05) is 0 Å². The monoisotopic (exact) mass is 248 g/mol. The molecule has 2 heterocycles. The Morgan fingerprint density at radius 2 is 2.06 bits per heavy atom. The summed E-state index contributed by atoms with van der Waals surface area (Å²) in [5, 5.41) is 0. The topological polar surface area (TPSA) is 72.6 Å². The smallest absolute Gasteiger partial charge is 0.213 e. The maximum atomic E-state index is 11.7. The SMILES string of the molecule is CCS(=O)(=O)N1CCC2(CC1)OCCC2N. The Morgan fingerprint density at radius 1 is 1.44 bits per heavy atom. The third-order valence-corrected chi connectivity index (χ3v) is 5.70. The predicted octanol–water partition coefficient (Wildman–Crippen LogP) is -0.0817. The van der Waals surface area contributed by atoms with E-state index in [1.165, 1.54) is 0 Å². The van der Waals surface area contributed by atoms with Crippen molar-refractivity contribution in [1.29, 1.82) is 0 Å². The lowest BCUT2D eigenvalue weighted by Crippen LogP contribution is -2.54. The van der Waals surface area contributed by atoms with Gasteiger partial charge in [-0.1, -0.05) is 0 Å². The van der Waals surface area contributed by atoms with Gasteiger partial charge >= 0.3 is 0 Å². The van der Waals surface area contributed by atoms with Crippen LogP contribution in [-0.2, 0) is 14.8 Å². The highest BCUT2D eigenvalue weighted by molar-refractivity contribution is 7.89. The lowest BCUT2D eigenvalue weighted by molar-refractivity contribution is -0.0388. The molecule has 1 spiro atoms. The minimum Gasteiger partial charge on any atom is -0.373 e. The van der Waals surface area contributed by atoms with Gasteiger partial charge in [-0.25, -0.2) is 12.7 Å². The molecule has 1 unspecified atom stereocenters. The zero-order valence-electron chi connectivity index (χ0n) is 9.68. The summed E-state index contributed by atoms with van der Waals surface area (Å²) in [6.07, 6.45) is 2.35. The van der Waals surface area contributed by atoms with E-state index < -0.39 is 10.0 Å². The van der Waals surface area contributed by atoms with Crippen LogP contribution in [0.25, 0.3) is 0 Å². The molecule has 0 aromatic rings. The van der Waals surface area contributed by atoms with Gasteiger partial charge in [-0.3, -0.25) is 0 Å². The first-order valence-corrected chi connectivity index (χ1v) is 7.48. The Balaban J connectivity index is 2.02. The zero-order valence-corrected chi connectivity index (χ0v) is 10.5. The fourth-order valence-electron chi connectivity index (χ4n) is 2.60. The van der Waals surface area contributed by atoms with Crippen molar-refractivity contribution in [3.8, 4) is 0 Å². The van der Waals surface area contributed by atoms with Crippen molar-refractivity contribution < 1.29 is 13.2 Å². The Hall–Kier alpha value is -0.170. The normalized spacial score (nSPS) is 31.0. The summed E-state index contributed by atoms with van der Waals surface area (Å²) in [6.45, 7) is 3.48. The fourth-order valence-corrected chi connectivity index (χ4v) is 3.70. The number of ether oxygens (including phenoxy) is 1. The summed E-state index contributed by atoms with van der Waals surface area (Å²) in [6, 6.07) is 0.0685. The lowest BCUT2D eigenvalue weighted by atomic mass is 9.86. The van der Waals surface area contributed by atoms with Crippen LogP contribution < -0.4 is 5.73 Å². The number of hydrogen-bond acceptors (Lipinski definition) is 4. The van der Waals surface area contributed by atoms with Crippen molar-refractivity contribution in [2.24, 2.45) is 5.73 Å². The van der Waals surface area contributed by atoms with Crippen LogP contribution in [0.5, 0.6) is 0 Å². The zero-order chi connectivity index (χ0) is 11.8. The van der Waals surface area contributed by atoms with Crippen LogP contribution in [0, 0.1) is 0 Å². The molecule has 0 aromatic carbocycles. The molecular formula is C10H20N2O3S. The van der Waals surface area contributed by atoms with Gasteiger partial charge in [-0.2, -0.15) is 0 Å². The predicted molar refractivity (Wildman–Crippen MR) is 61.5 cm³/mol. The van der Waals surface area contributed by atoms with Crippen molar-refractivity contribution in [3.05, 3.63) is 0 Å². The Kier molecular flexibility index (Phi) is 3.27. The van der Waals surface area contributed by atoms with Crippen LogP contribution in [0.1, 0.15) is 26.2 Å². The first-order valence-electron chi connectivity index (χ1n) is 5.87. The van der Waals surface area contributed by atoms with E-state index in [1.54, 1.807) is 11.2 Å². The number of piperidine rings is 1. The van der Waals surface area contributed by atoms with E-state index in [2.05, 4.69) is 0 Å². The van der Waals surface area contributed by atoms with E-state index in [9.17, 15) is 8.42 Å². The van der Waals surface area contributed by atoms with Gasteiger partial charge in [0.25, 0.3) is 0 Å². The molecule has 5 nitrogen and oxygen atoms in total. The molecular weight excluding hydrogens is 228 g/mol. The van der Waals surface area contributed by atoms with Gasteiger partial charge in [-0.05, 0) is 26.2 Å². The molecule has 2 saturated heterocycles. The molecule has 0 amide bonds. The molecule has 0 radical (unpaired) electrons. The van der Waals surface area contributed by atoms with Crippen LogP contribution in [0.3, 0.4) is 0 Å². The Labute approximate surface area is 97.0 Å². The van der Waals surface area contributed by atoms with E-state index in [4.69, 9.17) is 10.5 Å². The Bertz CT molecular complexity index is 347. The lowest BCUT2D eigenvalue weighted by Gasteiger charge is -2.40. The molecule has 2 rings (SSSR count). The molecule has 2 aliphatic rings. The van der Waals surface area contributed by atoms with Crippen molar-refractivity contribution in [1.82, 2.24) is 4.31 Å². The van der Waals surface area contributed by atoms with Gasteiger partial charge < -0.3 is 10.5 Å². The third kappa shape index (κ3) is 1.99. The first kappa shape index (κ1) is 12.3. The number of sulfonamides is 1. The fraction of sp³-hybridized carbons (Fsp3) is 1.00. The molecule has 2 fully saturated rings. The van der Waals surface area contributed by atoms with Crippen LogP contribution in [0.2, 0.25) is 0 Å². The second-order valence-electron chi connectivity index (χ2n) is 4.61. The standard InChI is InChI=1S/C10H20N2O3S/c1-2-16(13,14)12-6-4-10(5-7-12)9(11)3-8-15-10/h9H,2-8,11H2,1H3. The van der Waals surface area contributed by atoms with Crippen molar-refractivity contribution in [2.75, 3.05) is 25.4 Å². The maximum Gasteiger partial charge on any atom is 0.213 e. The van der Waals surface area contributed by atoms with E-state index >= 15 is 0 Å². The summed E-state index contributed by atoms with van der Waals surface area (Å²) >= 11 is 0. The van der Waals surface area contributed by atoms with Gasteiger partial charge in [0.15, 0.2) is 0 Å². The highest BCUT2D eigenvalue weighted by Gasteiger charge is 2.45. The van der Waals surface area contributed by atoms with E-state index in [-0.39, 0.29) is 17.4 Å². The van der Waals surface area contributed by atoms with Crippen LogP contribution in [0.15, 0.2) is 0 Å². The highest BCUT2D eigenvalue weighted by atomic mass is 32.2. The van der Waals surface area contributed by atoms with Crippen LogP contribution in [0.4, 0.5) is 0 Å². The second kappa shape index (κ2) is 4.25. The van der Waals surface area contributed by atoms with Gasteiger partial charge in [0.05, 0.1) is 11.4 Å². The minimum absolute atomic E-state index is 0.0685. The van der Waals surface area contributed by atoms with Gasteiger partial charge in [0.1, 0.15) is 0 Å². The molecule has 1 atom stereocenters. The maximum absolute atomic E-state index is 11.7. The van der Waals surface area contributed by atoms with Crippen LogP contribution >= 0.6 is 0 Å².